The molecule has 1 aromatic carbocycles. The fourth-order valence-electron chi connectivity index (χ4n) is 1.72. The molecule has 1 unspecified atom stereocenters. The lowest BCUT2D eigenvalue weighted by Gasteiger charge is -2.33. The fourth-order valence-corrected chi connectivity index (χ4v) is 1.72. The average molecular weight is 191 g/mol. The molecule has 0 bridgehead atoms. The van der Waals surface area contributed by atoms with Crippen LogP contribution in [0.25, 0.3) is 0 Å². The Balaban J connectivity index is 2.43. The molecule has 1 atom stereocenters. The summed E-state index contributed by atoms with van der Waals surface area (Å²) in [6.45, 7) is 2.64. The highest BCUT2D eigenvalue weighted by molar-refractivity contribution is 5.95. The quantitative estimate of drug-likeness (QED) is 0.651. The van der Waals surface area contributed by atoms with Crippen LogP contribution in [0.2, 0.25) is 0 Å². The van der Waals surface area contributed by atoms with E-state index < -0.39 is 6.03 Å². The molecule has 2 amide bonds. The molecule has 4 heteroatoms. The molecule has 1 aromatic rings. The predicted molar refractivity (Wildman–Crippen MR) is 56.5 cm³/mol. The maximum Gasteiger partial charge on any atom is 0.319 e. The first-order valence-electron chi connectivity index (χ1n) is 4.61. The number of hydrogen-bond donors (Lipinski definition) is 2. The summed E-state index contributed by atoms with van der Waals surface area (Å²) in [5, 5.41) is 3.30. The van der Waals surface area contributed by atoms with Crippen LogP contribution in [0.3, 0.4) is 0 Å². The topological polar surface area (TPSA) is 58.4 Å². The monoisotopic (exact) mass is 191 g/mol. The van der Waals surface area contributed by atoms with Crippen molar-refractivity contribution < 1.29 is 4.79 Å². The second-order valence-electron chi connectivity index (χ2n) is 3.51. The van der Waals surface area contributed by atoms with Crippen LogP contribution in [0.4, 0.5) is 16.2 Å². The van der Waals surface area contributed by atoms with Crippen LogP contribution in [0.1, 0.15) is 6.92 Å². The van der Waals surface area contributed by atoms with Crippen molar-refractivity contribution in [3.8, 4) is 0 Å². The van der Waals surface area contributed by atoms with Crippen LogP contribution < -0.4 is 16.0 Å². The van der Waals surface area contributed by atoms with Crippen molar-refractivity contribution in [2.24, 2.45) is 5.73 Å². The number of nitrogens with two attached hydrogens (primary N) is 1. The number of fused-ring (bicyclic) bond motifs is 1. The molecule has 1 heterocycles. The average Bonchev–Trinajstić information content (AvgIpc) is 2.16. The zero-order valence-electron chi connectivity index (χ0n) is 8.03. The van der Waals surface area contributed by atoms with Gasteiger partial charge in [-0.25, -0.2) is 4.79 Å². The Kier molecular flexibility index (Phi) is 2.04. The summed E-state index contributed by atoms with van der Waals surface area (Å²) >= 11 is 0. The number of rotatable bonds is 0. The third-order valence-electron chi connectivity index (χ3n) is 2.32. The minimum Gasteiger partial charge on any atom is -0.379 e. The van der Waals surface area contributed by atoms with Gasteiger partial charge in [-0.3, -0.25) is 4.90 Å². The Bertz CT molecular complexity index is 364. The first-order chi connectivity index (χ1) is 6.68. The van der Waals surface area contributed by atoms with Crippen LogP contribution in [0, 0.1) is 0 Å². The summed E-state index contributed by atoms with van der Waals surface area (Å²) in [6, 6.07) is 7.50. The Hall–Kier alpha value is -1.71. The third-order valence-corrected chi connectivity index (χ3v) is 2.32. The highest BCUT2D eigenvalue weighted by atomic mass is 16.2. The van der Waals surface area contributed by atoms with Gasteiger partial charge in [0.25, 0.3) is 0 Å². The van der Waals surface area contributed by atoms with Crippen molar-refractivity contribution in [1.29, 1.82) is 0 Å². The number of amides is 2. The lowest BCUT2D eigenvalue weighted by molar-refractivity contribution is 0.253. The van der Waals surface area contributed by atoms with Crippen LogP contribution in [-0.2, 0) is 0 Å². The SMILES string of the molecule is CC1CN(C(N)=O)c2ccccc2N1. The van der Waals surface area contributed by atoms with Gasteiger partial charge in [-0.1, -0.05) is 12.1 Å². The Morgan fingerprint density at radius 3 is 3.00 bits per heavy atom. The molecule has 3 N–H and O–H groups in total. The van der Waals surface area contributed by atoms with Gasteiger partial charge in [-0.15, -0.1) is 0 Å². The number of nitrogens with zero attached hydrogens (tertiary/aromatic N) is 1. The molecule has 14 heavy (non-hydrogen) atoms. The van der Waals surface area contributed by atoms with E-state index in [-0.39, 0.29) is 6.04 Å². The van der Waals surface area contributed by atoms with E-state index in [1.54, 1.807) is 4.90 Å². The highest BCUT2D eigenvalue weighted by Crippen LogP contribution is 2.29. The Morgan fingerprint density at radius 2 is 2.29 bits per heavy atom. The van der Waals surface area contributed by atoms with E-state index in [2.05, 4.69) is 5.32 Å². The van der Waals surface area contributed by atoms with E-state index in [9.17, 15) is 4.79 Å². The van der Waals surface area contributed by atoms with Gasteiger partial charge in [0.2, 0.25) is 0 Å². The van der Waals surface area contributed by atoms with E-state index in [1.807, 2.05) is 31.2 Å². The minimum atomic E-state index is -0.397. The van der Waals surface area contributed by atoms with E-state index in [0.717, 1.165) is 11.4 Å². The Morgan fingerprint density at radius 1 is 1.57 bits per heavy atom. The lowest BCUT2D eigenvalue weighted by atomic mass is 10.1. The number of para-hydroxylation sites is 2. The normalized spacial score (nSPS) is 19.8. The number of nitrogens with one attached hydrogen (secondary N) is 1. The summed E-state index contributed by atoms with van der Waals surface area (Å²) in [4.78, 5) is 12.8. The second kappa shape index (κ2) is 3.21. The minimum absolute atomic E-state index is 0.234. The fraction of sp³-hybridized carbons (Fsp3) is 0.300. The third kappa shape index (κ3) is 1.39. The van der Waals surface area contributed by atoms with Gasteiger partial charge < -0.3 is 11.1 Å². The first kappa shape index (κ1) is 8.87. The predicted octanol–water partition coefficient (Wildman–Crippen LogP) is 1.39. The maximum atomic E-state index is 11.2. The number of primary amides is 1. The van der Waals surface area contributed by atoms with Crippen molar-refractivity contribution in [3.05, 3.63) is 24.3 Å². The molecule has 1 aliphatic rings. The summed E-state index contributed by atoms with van der Waals surface area (Å²) in [6.07, 6.45) is 0. The smallest absolute Gasteiger partial charge is 0.319 e. The molecule has 0 aliphatic carbocycles. The second-order valence-corrected chi connectivity index (χ2v) is 3.51. The van der Waals surface area contributed by atoms with Gasteiger partial charge in [0, 0.05) is 12.6 Å². The van der Waals surface area contributed by atoms with Crippen molar-refractivity contribution in [2.45, 2.75) is 13.0 Å². The zero-order valence-corrected chi connectivity index (χ0v) is 8.03. The molecular formula is C10H13N3O. The summed E-state index contributed by atoms with van der Waals surface area (Å²) in [5.74, 6) is 0. The van der Waals surface area contributed by atoms with Gasteiger partial charge in [0.05, 0.1) is 11.4 Å². The number of urea groups is 1. The number of carbonyl (C=O) groups excluding carboxylic acids is 1. The van der Waals surface area contributed by atoms with Gasteiger partial charge in [0.15, 0.2) is 0 Å². The molecular weight excluding hydrogens is 178 g/mol. The number of anilines is 2. The van der Waals surface area contributed by atoms with E-state index >= 15 is 0 Å². The van der Waals surface area contributed by atoms with Crippen LogP contribution >= 0.6 is 0 Å². The summed E-state index contributed by atoms with van der Waals surface area (Å²) in [5.41, 5.74) is 7.13. The van der Waals surface area contributed by atoms with Crippen molar-refractivity contribution in [3.63, 3.8) is 0 Å². The standard InChI is InChI=1S/C10H13N3O/c1-7-6-13(10(11)14)9-5-3-2-4-8(9)12-7/h2-5,7,12H,6H2,1H3,(H2,11,14). The Labute approximate surface area is 82.7 Å². The van der Waals surface area contributed by atoms with Gasteiger partial charge >= 0.3 is 6.03 Å². The molecule has 0 fully saturated rings. The van der Waals surface area contributed by atoms with Crippen LogP contribution in [0.5, 0.6) is 0 Å². The largest absolute Gasteiger partial charge is 0.379 e. The number of hydrogen-bond acceptors (Lipinski definition) is 2. The molecule has 4 nitrogen and oxygen atoms in total. The molecule has 1 aliphatic heterocycles. The molecule has 74 valence electrons. The van der Waals surface area contributed by atoms with E-state index in [4.69, 9.17) is 5.73 Å². The summed E-state index contributed by atoms with van der Waals surface area (Å²) in [7, 11) is 0. The molecule has 0 radical (unpaired) electrons. The molecule has 0 saturated heterocycles. The van der Waals surface area contributed by atoms with Crippen molar-refractivity contribution in [1.82, 2.24) is 0 Å². The van der Waals surface area contributed by atoms with Gasteiger partial charge in [-0.2, -0.15) is 0 Å². The number of benzene rings is 1. The molecule has 2 rings (SSSR count). The molecule has 0 spiro atoms. The van der Waals surface area contributed by atoms with Gasteiger partial charge in [-0.05, 0) is 19.1 Å². The van der Waals surface area contributed by atoms with Crippen LogP contribution in [-0.4, -0.2) is 18.6 Å². The molecule has 0 aromatic heterocycles. The van der Waals surface area contributed by atoms with E-state index in [0.29, 0.717) is 6.54 Å². The van der Waals surface area contributed by atoms with Crippen LogP contribution in [0.15, 0.2) is 24.3 Å². The molecule has 0 saturated carbocycles. The lowest BCUT2D eigenvalue weighted by Crippen LogP contribution is -2.45. The van der Waals surface area contributed by atoms with Crippen molar-refractivity contribution in [2.75, 3.05) is 16.8 Å². The van der Waals surface area contributed by atoms with Gasteiger partial charge in [0.1, 0.15) is 0 Å². The summed E-state index contributed by atoms with van der Waals surface area (Å²) < 4.78 is 0. The maximum absolute atomic E-state index is 11.2. The number of carbonyl (C=O) groups is 1. The van der Waals surface area contributed by atoms with E-state index in [1.165, 1.54) is 0 Å². The zero-order chi connectivity index (χ0) is 10.1. The first-order valence-corrected chi connectivity index (χ1v) is 4.61. The highest BCUT2D eigenvalue weighted by Gasteiger charge is 2.23. The van der Waals surface area contributed by atoms with Crippen molar-refractivity contribution >= 4 is 17.4 Å².